The topological polar surface area (TPSA) is 84.7 Å². The fourth-order valence-electron chi connectivity index (χ4n) is 1.95. The minimum Gasteiger partial charge on any atom is -0.383 e. The van der Waals surface area contributed by atoms with E-state index in [1.807, 2.05) is 13.8 Å². The first-order chi connectivity index (χ1) is 10.0. The molecule has 1 aromatic carbocycles. The van der Waals surface area contributed by atoms with Crippen LogP contribution in [0.5, 0.6) is 0 Å². The Morgan fingerprint density at radius 2 is 2.05 bits per heavy atom. The maximum Gasteiger partial charge on any atom is 0.293 e. The van der Waals surface area contributed by atoms with Gasteiger partial charge < -0.3 is 15.0 Å². The predicted molar refractivity (Wildman–Crippen MR) is 80.7 cm³/mol. The average Bonchev–Trinajstić information content (AvgIpc) is 2.48. The van der Waals surface area contributed by atoms with Crippen LogP contribution in [0.2, 0.25) is 0 Å². The zero-order valence-electron chi connectivity index (χ0n) is 12.6. The van der Waals surface area contributed by atoms with E-state index >= 15 is 0 Å². The summed E-state index contributed by atoms with van der Waals surface area (Å²) in [4.78, 5) is 24.5. The number of anilines is 1. The van der Waals surface area contributed by atoms with Crippen LogP contribution in [0.4, 0.5) is 11.4 Å². The highest BCUT2D eigenvalue weighted by Crippen LogP contribution is 2.26. The minimum absolute atomic E-state index is 0.107. The number of nitrogens with zero attached hydrogens (tertiary/aromatic N) is 2. The Balaban J connectivity index is 3.02. The van der Waals surface area contributed by atoms with Crippen LogP contribution in [-0.4, -0.2) is 49.1 Å². The van der Waals surface area contributed by atoms with E-state index in [-0.39, 0.29) is 11.6 Å². The highest BCUT2D eigenvalue weighted by atomic mass is 16.6. The number of ether oxygens (including phenoxy) is 1. The third-order valence-corrected chi connectivity index (χ3v) is 3.11. The van der Waals surface area contributed by atoms with Gasteiger partial charge in [-0.1, -0.05) is 0 Å². The predicted octanol–water partition coefficient (Wildman–Crippen LogP) is 2.14. The van der Waals surface area contributed by atoms with Gasteiger partial charge in [0.25, 0.3) is 11.6 Å². The van der Waals surface area contributed by atoms with Crippen molar-refractivity contribution in [1.29, 1.82) is 0 Å². The van der Waals surface area contributed by atoms with Gasteiger partial charge in [-0.3, -0.25) is 14.9 Å². The van der Waals surface area contributed by atoms with Gasteiger partial charge in [0.1, 0.15) is 5.69 Å². The fraction of sp³-hybridized carbons (Fsp3) is 0.500. The molecule has 7 nitrogen and oxygen atoms in total. The van der Waals surface area contributed by atoms with Crippen molar-refractivity contribution >= 4 is 17.3 Å². The van der Waals surface area contributed by atoms with Crippen LogP contribution in [0.1, 0.15) is 24.2 Å². The monoisotopic (exact) mass is 295 g/mol. The molecule has 1 aromatic rings. The third-order valence-electron chi connectivity index (χ3n) is 3.11. The fourth-order valence-corrected chi connectivity index (χ4v) is 1.95. The zero-order chi connectivity index (χ0) is 15.8. The summed E-state index contributed by atoms with van der Waals surface area (Å²) in [5.74, 6) is -0.202. The third kappa shape index (κ3) is 4.42. The van der Waals surface area contributed by atoms with E-state index in [0.29, 0.717) is 37.5 Å². The number of benzene rings is 1. The number of methoxy groups -OCH3 is 1. The summed E-state index contributed by atoms with van der Waals surface area (Å²) in [5.41, 5.74) is 0.597. The number of carbonyl (C=O) groups excluding carboxylic acids is 1. The minimum atomic E-state index is -0.492. The molecule has 0 saturated carbocycles. The van der Waals surface area contributed by atoms with Crippen LogP contribution < -0.4 is 5.32 Å². The first-order valence-corrected chi connectivity index (χ1v) is 6.85. The molecule has 7 heteroatoms. The summed E-state index contributed by atoms with van der Waals surface area (Å²) in [5, 5.41) is 14.1. The van der Waals surface area contributed by atoms with E-state index in [2.05, 4.69) is 5.32 Å². The van der Waals surface area contributed by atoms with Gasteiger partial charge in [0.05, 0.1) is 11.5 Å². The summed E-state index contributed by atoms with van der Waals surface area (Å²) in [6, 6.07) is 4.48. The molecule has 0 aliphatic heterocycles. The van der Waals surface area contributed by atoms with Crippen molar-refractivity contribution in [1.82, 2.24) is 4.90 Å². The lowest BCUT2D eigenvalue weighted by molar-refractivity contribution is -0.384. The standard InChI is InChI=1S/C14H21N3O4/c1-4-16(5-2)14(18)11-6-7-12(15-8-9-21-3)13(10-11)17(19)20/h6-7,10,15H,4-5,8-9H2,1-3H3. The molecule has 0 aliphatic carbocycles. The van der Waals surface area contributed by atoms with Gasteiger partial charge in [0, 0.05) is 38.4 Å². The largest absolute Gasteiger partial charge is 0.383 e. The molecule has 0 radical (unpaired) electrons. The van der Waals surface area contributed by atoms with Crippen LogP contribution in [0, 0.1) is 10.1 Å². The van der Waals surface area contributed by atoms with Crippen LogP contribution in [0.25, 0.3) is 0 Å². The molecule has 21 heavy (non-hydrogen) atoms. The van der Waals surface area contributed by atoms with Crippen molar-refractivity contribution in [3.05, 3.63) is 33.9 Å². The number of nitro groups is 1. The lowest BCUT2D eigenvalue weighted by atomic mass is 10.1. The zero-order valence-corrected chi connectivity index (χ0v) is 12.6. The molecular formula is C14H21N3O4. The van der Waals surface area contributed by atoms with Crippen molar-refractivity contribution in [2.75, 3.05) is 38.7 Å². The molecule has 0 aromatic heterocycles. The number of amides is 1. The molecule has 1 N–H and O–H groups in total. The molecule has 0 atom stereocenters. The summed E-state index contributed by atoms with van der Waals surface area (Å²) >= 11 is 0. The number of rotatable bonds is 8. The average molecular weight is 295 g/mol. The Kier molecular flexibility index (Phi) is 6.61. The number of hydrogen-bond acceptors (Lipinski definition) is 5. The van der Waals surface area contributed by atoms with E-state index in [1.165, 1.54) is 6.07 Å². The number of carbonyl (C=O) groups is 1. The normalized spacial score (nSPS) is 10.2. The molecule has 0 aliphatic rings. The second-order valence-electron chi connectivity index (χ2n) is 4.39. The second kappa shape index (κ2) is 8.21. The highest BCUT2D eigenvalue weighted by Gasteiger charge is 2.19. The molecule has 0 fully saturated rings. The molecule has 0 heterocycles. The maximum absolute atomic E-state index is 12.2. The van der Waals surface area contributed by atoms with Crippen molar-refractivity contribution in [3.63, 3.8) is 0 Å². The van der Waals surface area contributed by atoms with Crippen molar-refractivity contribution in [3.8, 4) is 0 Å². The van der Waals surface area contributed by atoms with Crippen molar-refractivity contribution in [2.45, 2.75) is 13.8 Å². The van der Waals surface area contributed by atoms with Gasteiger partial charge in [-0.25, -0.2) is 0 Å². The van der Waals surface area contributed by atoms with Crippen LogP contribution in [0.3, 0.4) is 0 Å². The maximum atomic E-state index is 12.2. The van der Waals surface area contributed by atoms with E-state index in [9.17, 15) is 14.9 Å². The first kappa shape index (κ1) is 16.9. The Morgan fingerprint density at radius 1 is 1.38 bits per heavy atom. The summed E-state index contributed by atoms with van der Waals surface area (Å²) < 4.78 is 4.89. The van der Waals surface area contributed by atoms with Gasteiger partial charge in [-0.15, -0.1) is 0 Å². The van der Waals surface area contributed by atoms with E-state index in [1.54, 1.807) is 24.1 Å². The Bertz CT molecular complexity index is 501. The van der Waals surface area contributed by atoms with E-state index < -0.39 is 4.92 Å². The molecule has 1 rings (SSSR count). The van der Waals surface area contributed by atoms with Crippen molar-refractivity contribution < 1.29 is 14.5 Å². The number of hydrogen-bond donors (Lipinski definition) is 1. The van der Waals surface area contributed by atoms with Crippen molar-refractivity contribution in [2.24, 2.45) is 0 Å². The number of nitro benzene ring substituents is 1. The van der Waals surface area contributed by atoms with Crippen LogP contribution in [-0.2, 0) is 4.74 Å². The summed E-state index contributed by atoms with van der Waals surface area (Å²) in [6.45, 7) is 5.78. The van der Waals surface area contributed by atoms with Gasteiger partial charge in [-0.2, -0.15) is 0 Å². The lowest BCUT2D eigenvalue weighted by Gasteiger charge is -2.18. The van der Waals surface area contributed by atoms with Crippen LogP contribution in [0.15, 0.2) is 18.2 Å². The molecule has 116 valence electrons. The Labute approximate surface area is 124 Å². The van der Waals surface area contributed by atoms with Gasteiger partial charge in [-0.05, 0) is 26.0 Å². The number of nitrogens with one attached hydrogen (secondary N) is 1. The van der Waals surface area contributed by atoms with Gasteiger partial charge >= 0.3 is 0 Å². The molecular weight excluding hydrogens is 274 g/mol. The quantitative estimate of drug-likeness (QED) is 0.451. The molecule has 0 unspecified atom stereocenters. The highest BCUT2D eigenvalue weighted by molar-refractivity contribution is 5.95. The molecule has 0 saturated heterocycles. The molecule has 0 spiro atoms. The Hall–Kier alpha value is -2.15. The lowest BCUT2D eigenvalue weighted by Crippen LogP contribution is -2.30. The van der Waals surface area contributed by atoms with E-state index in [4.69, 9.17) is 4.74 Å². The van der Waals surface area contributed by atoms with Crippen LogP contribution >= 0.6 is 0 Å². The summed E-state index contributed by atoms with van der Waals surface area (Å²) in [6.07, 6.45) is 0. The summed E-state index contributed by atoms with van der Waals surface area (Å²) in [7, 11) is 1.56. The Morgan fingerprint density at radius 3 is 2.57 bits per heavy atom. The van der Waals surface area contributed by atoms with Gasteiger partial charge in [0.2, 0.25) is 0 Å². The first-order valence-electron chi connectivity index (χ1n) is 6.85. The van der Waals surface area contributed by atoms with E-state index in [0.717, 1.165) is 0 Å². The molecule has 1 amide bonds. The van der Waals surface area contributed by atoms with Gasteiger partial charge in [0.15, 0.2) is 0 Å². The molecule has 0 bridgehead atoms. The second-order valence-corrected chi connectivity index (χ2v) is 4.39. The smallest absolute Gasteiger partial charge is 0.293 e. The SMILES string of the molecule is CCN(CC)C(=O)c1ccc(NCCOC)c([N+](=O)[O-])c1.